The molecule has 0 atom stereocenters. The molecule has 0 fully saturated rings. The molecule has 1 N–H and O–H groups in total. The van der Waals surface area contributed by atoms with Gasteiger partial charge in [-0.05, 0) is 25.1 Å². The van der Waals surface area contributed by atoms with Gasteiger partial charge < -0.3 is 19.2 Å². The first-order chi connectivity index (χ1) is 11.9. The highest BCUT2D eigenvalue weighted by molar-refractivity contribution is 5.96. The lowest BCUT2D eigenvalue weighted by atomic mass is 10.2. The normalized spacial score (nSPS) is 10.2. The van der Waals surface area contributed by atoms with Crippen molar-refractivity contribution in [1.29, 1.82) is 0 Å². The molecule has 0 aliphatic rings. The summed E-state index contributed by atoms with van der Waals surface area (Å²) in [6.45, 7) is 0.999. The van der Waals surface area contributed by atoms with Crippen LogP contribution in [0.15, 0.2) is 34.7 Å². The second-order valence-electron chi connectivity index (χ2n) is 5.04. The molecule has 0 radical (unpaired) electrons. The van der Waals surface area contributed by atoms with Crippen molar-refractivity contribution >= 4 is 17.8 Å². The molecule has 1 aromatic carbocycles. The highest BCUT2D eigenvalue weighted by Gasteiger charge is 2.17. The molecule has 1 amide bonds. The molecule has 0 aliphatic heterocycles. The Hall–Kier alpha value is -3.16. The quantitative estimate of drug-likeness (QED) is 0.802. The Kier molecular flexibility index (Phi) is 5.89. The van der Waals surface area contributed by atoms with Gasteiger partial charge in [0.25, 0.3) is 5.91 Å². The lowest BCUT2D eigenvalue weighted by molar-refractivity contribution is -0.144. The van der Waals surface area contributed by atoms with Gasteiger partial charge in [0.15, 0.2) is 0 Å². The lowest BCUT2D eigenvalue weighted by Crippen LogP contribution is -2.31. The van der Waals surface area contributed by atoms with E-state index >= 15 is 0 Å². The summed E-state index contributed by atoms with van der Waals surface area (Å²) in [7, 11) is 1.22. The van der Waals surface area contributed by atoms with Crippen LogP contribution in [0.4, 0.5) is 4.39 Å². The lowest BCUT2D eigenvalue weighted by Gasteiger charge is -2.06. The number of furan rings is 1. The van der Waals surface area contributed by atoms with Crippen molar-refractivity contribution in [3.8, 4) is 0 Å². The number of amides is 1. The molecule has 132 valence electrons. The van der Waals surface area contributed by atoms with Crippen LogP contribution in [0.5, 0.6) is 0 Å². The topological polar surface area (TPSA) is 94.8 Å². The summed E-state index contributed by atoms with van der Waals surface area (Å²) >= 11 is 0. The molecule has 7 nitrogen and oxygen atoms in total. The Morgan fingerprint density at radius 1 is 1.24 bits per heavy atom. The molecular weight excluding hydrogens is 333 g/mol. The maximum Gasteiger partial charge on any atom is 0.374 e. The summed E-state index contributed by atoms with van der Waals surface area (Å²) in [5, 5.41) is 2.26. The number of halogens is 1. The van der Waals surface area contributed by atoms with Gasteiger partial charge in [-0.2, -0.15) is 0 Å². The fourth-order valence-corrected chi connectivity index (χ4v) is 2.01. The summed E-state index contributed by atoms with van der Waals surface area (Å²) in [6, 6.07) is 6.95. The Bertz CT molecular complexity index is 798. The molecule has 2 aromatic rings. The Morgan fingerprint density at radius 3 is 2.64 bits per heavy atom. The van der Waals surface area contributed by atoms with Crippen LogP contribution in [-0.2, 0) is 20.9 Å². The van der Waals surface area contributed by atoms with E-state index in [9.17, 15) is 18.8 Å². The third-order valence-corrected chi connectivity index (χ3v) is 3.23. The minimum atomic E-state index is -0.738. The molecule has 0 bridgehead atoms. The summed E-state index contributed by atoms with van der Waals surface area (Å²) in [5.74, 6) is -2.50. The Balaban J connectivity index is 1.84. The first-order valence-corrected chi connectivity index (χ1v) is 7.28. The molecule has 0 saturated carbocycles. The SMILES string of the molecule is COC(=O)c1oc(COC(=O)CNC(=O)c2ccccc2F)cc1C. The first kappa shape index (κ1) is 18.2. The molecule has 25 heavy (non-hydrogen) atoms. The molecule has 1 heterocycles. The highest BCUT2D eigenvalue weighted by atomic mass is 19.1. The van der Waals surface area contributed by atoms with Crippen LogP contribution < -0.4 is 5.32 Å². The molecule has 0 spiro atoms. The number of hydrogen-bond acceptors (Lipinski definition) is 6. The Morgan fingerprint density at radius 2 is 1.96 bits per heavy atom. The predicted molar refractivity (Wildman–Crippen MR) is 83.3 cm³/mol. The van der Waals surface area contributed by atoms with Gasteiger partial charge in [-0.1, -0.05) is 12.1 Å². The van der Waals surface area contributed by atoms with Crippen molar-refractivity contribution in [1.82, 2.24) is 5.32 Å². The maximum absolute atomic E-state index is 13.4. The molecule has 1 aromatic heterocycles. The molecule has 0 unspecified atom stereocenters. The van der Waals surface area contributed by atoms with Gasteiger partial charge in [0.1, 0.15) is 24.7 Å². The second-order valence-corrected chi connectivity index (χ2v) is 5.04. The van der Waals surface area contributed by atoms with E-state index in [0.29, 0.717) is 5.56 Å². The predicted octanol–water partition coefficient (Wildman–Crippen LogP) is 1.99. The largest absolute Gasteiger partial charge is 0.463 e. The van der Waals surface area contributed by atoms with E-state index in [-0.39, 0.29) is 23.7 Å². The van der Waals surface area contributed by atoms with Crippen LogP contribution in [0.25, 0.3) is 0 Å². The van der Waals surface area contributed by atoms with E-state index in [1.54, 1.807) is 6.92 Å². The van der Waals surface area contributed by atoms with Gasteiger partial charge in [0, 0.05) is 5.56 Å². The third kappa shape index (κ3) is 4.66. The van der Waals surface area contributed by atoms with Gasteiger partial charge >= 0.3 is 11.9 Å². The zero-order valence-electron chi connectivity index (χ0n) is 13.6. The number of methoxy groups -OCH3 is 1. The van der Waals surface area contributed by atoms with Crippen LogP contribution >= 0.6 is 0 Å². The number of rotatable bonds is 6. The van der Waals surface area contributed by atoms with Crippen molar-refractivity contribution in [2.75, 3.05) is 13.7 Å². The molecule has 0 saturated heterocycles. The highest BCUT2D eigenvalue weighted by Crippen LogP contribution is 2.16. The number of carbonyl (C=O) groups is 3. The van der Waals surface area contributed by atoms with Crippen molar-refractivity contribution < 1.29 is 32.7 Å². The van der Waals surface area contributed by atoms with Crippen molar-refractivity contribution in [2.24, 2.45) is 0 Å². The van der Waals surface area contributed by atoms with E-state index in [4.69, 9.17) is 9.15 Å². The van der Waals surface area contributed by atoms with E-state index in [1.807, 2.05) is 0 Å². The van der Waals surface area contributed by atoms with Crippen molar-refractivity contribution in [3.05, 3.63) is 58.8 Å². The summed E-state index contributed by atoms with van der Waals surface area (Å²) in [4.78, 5) is 34.8. The summed E-state index contributed by atoms with van der Waals surface area (Å²) < 4.78 is 28.2. The number of hydrogen-bond donors (Lipinski definition) is 1. The van der Waals surface area contributed by atoms with Gasteiger partial charge in [0.2, 0.25) is 5.76 Å². The van der Waals surface area contributed by atoms with E-state index < -0.39 is 30.2 Å². The number of esters is 2. The standard InChI is InChI=1S/C17H16FNO6/c1-10-7-11(25-15(10)17(22)23-2)9-24-14(20)8-19-16(21)12-5-3-4-6-13(12)18/h3-7H,8-9H2,1-2H3,(H,19,21). The fourth-order valence-electron chi connectivity index (χ4n) is 2.01. The monoisotopic (exact) mass is 349 g/mol. The zero-order chi connectivity index (χ0) is 18.4. The molecule has 8 heteroatoms. The smallest absolute Gasteiger partial charge is 0.374 e. The second kappa shape index (κ2) is 8.09. The average Bonchev–Trinajstić information content (AvgIpc) is 2.98. The molecule has 0 aliphatic carbocycles. The van der Waals surface area contributed by atoms with Gasteiger partial charge in [-0.15, -0.1) is 0 Å². The van der Waals surface area contributed by atoms with Gasteiger partial charge in [0.05, 0.1) is 12.7 Å². The van der Waals surface area contributed by atoms with Gasteiger partial charge in [-0.25, -0.2) is 9.18 Å². The van der Waals surface area contributed by atoms with E-state index in [2.05, 4.69) is 10.1 Å². The maximum atomic E-state index is 13.4. The average molecular weight is 349 g/mol. The van der Waals surface area contributed by atoms with Crippen LogP contribution in [0, 0.1) is 12.7 Å². The first-order valence-electron chi connectivity index (χ1n) is 7.28. The zero-order valence-corrected chi connectivity index (χ0v) is 13.6. The summed E-state index contributed by atoms with van der Waals surface area (Å²) in [5.41, 5.74) is 0.380. The Labute approximate surface area is 142 Å². The van der Waals surface area contributed by atoms with E-state index in [1.165, 1.54) is 31.4 Å². The van der Waals surface area contributed by atoms with Crippen LogP contribution in [0.3, 0.4) is 0 Å². The minimum absolute atomic E-state index is 0.0291. The van der Waals surface area contributed by atoms with Gasteiger partial charge in [-0.3, -0.25) is 9.59 Å². The number of nitrogens with one attached hydrogen (secondary N) is 1. The number of benzene rings is 1. The molecular formula is C17H16FNO6. The summed E-state index contributed by atoms with van der Waals surface area (Å²) in [6.07, 6.45) is 0. The minimum Gasteiger partial charge on any atom is -0.463 e. The number of ether oxygens (including phenoxy) is 2. The fraction of sp³-hybridized carbons (Fsp3) is 0.235. The third-order valence-electron chi connectivity index (χ3n) is 3.23. The van der Waals surface area contributed by atoms with Crippen LogP contribution in [-0.4, -0.2) is 31.5 Å². The molecule has 2 rings (SSSR count). The van der Waals surface area contributed by atoms with Crippen LogP contribution in [0.1, 0.15) is 32.2 Å². The van der Waals surface area contributed by atoms with E-state index in [0.717, 1.165) is 6.07 Å². The number of aryl methyl sites for hydroxylation is 1. The van der Waals surface area contributed by atoms with Crippen molar-refractivity contribution in [2.45, 2.75) is 13.5 Å². The van der Waals surface area contributed by atoms with Crippen molar-refractivity contribution in [3.63, 3.8) is 0 Å². The number of carbonyl (C=O) groups excluding carboxylic acids is 3. The van der Waals surface area contributed by atoms with Crippen LogP contribution in [0.2, 0.25) is 0 Å².